The quantitative estimate of drug-likeness (QED) is 0.381. The zero-order valence-corrected chi connectivity index (χ0v) is 20.7. The highest BCUT2D eigenvalue weighted by Crippen LogP contribution is 2.53. The average Bonchev–Trinajstić information content (AvgIpc) is 3.33. The maximum atomic E-state index is 13.7. The van der Waals surface area contributed by atoms with Crippen molar-refractivity contribution in [3.8, 4) is 5.75 Å². The molecule has 1 aromatic heterocycles. The van der Waals surface area contributed by atoms with Crippen LogP contribution in [0.25, 0.3) is 0 Å². The monoisotopic (exact) mass is 530 g/mol. The van der Waals surface area contributed by atoms with Crippen LogP contribution < -0.4 is 14.5 Å². The summed E-state index contributed by atoms with van der Waals surface area (Å²) in [5.41, 5.74) is 1.15. The summed E-state index contributed by atoms with van der Waals surface area (Å²) in [6.45, 7) is 1.71. The fourth-order valence-electron chi connectivity index (χ4n) is 4.36. The largest absolute Gasteiger partial charge is 0.482 e. The molecule has 1 saturated heterocycles. The van der Waals surface area contributed by atoms with E-state index in [9.17, 15) is 19.2 Å². The van der Waals surface area contributed by atoms with Crippen LogP contribution in [0.15, 0.2) is 58.4 Å². The molecule has 0 saturated carbocycles. The number of hydrogen-bond donors (Lipinski definition) is 1. The molecule has 3 atom stereocenters. The minimum Gasteiger partial charge on any atom is -0.482 e. The van der Waals surface area contributed by atoms with E-state index in [1.807, 2.05) is 6.07 Å². The Morgan fingerprint density at radius 3 is 2.63 bits per heavy atom. The summed E-state index contributed by atoms with van der Waals surface area (Å²) in [5.74, 6) is -2.02. The number of halogens is 1. The van der Waals surface area contributed by atoms with Gasteiger partial charge in [-0.1, -0.05) is 46.8 Å². The molecule has 35 heavy (non-hydrogen) atoms. The zero-order chi connectivity index (χ0) is 24.7. The molecule has 2 aliphatic rings. The van der Waals surface area contributed by atoms with Gasteiger partial charge in [-0.15, -0.1) is 0 Å². The van der Waals surface area contributed by atoms with E-state index in [-0.39, 0.29) is 29.9 Å². The third-order valence-electron chi connectivity index (χ3n) is 5.79. The normalized spacial score (nSPS) is 21.0. The number of fused-ring (bicyclic) bond motifs is 2. The van der Waals surface area contributed by atoms with E-state index in [1.165, 1.54) is 16.7 Å². The predicted octanol–water partition coefficient (Wildman–Crippen LogP) is 3.83. The molecule has 0 aliphatic carbocycles. The van der Waals surface area contributed by atoms with Gasteiger partial charge in [0.05, 0.1) is 23.2 Å². The number of ether oxygens (including phenoxy) is 2. The van der Waals surface area contributed by atoms with Gasteiger partial charge in [0.25, 0.3) is 0 Å². The van der Waals surface area contributed by atoms with Crippen LogP contribution >= 0.6 is 34.7 Å². The van der Waals surface area contributed by atoms with Crippen molar-refractivity contribution in [3.63, 3.8) is 0 Å². The standard InChI is InChI=1S/C24H19ClN2O6S2/c1-2-32-16(28)11-33-15-5-3-4-12(10-15)17-18-20(34-21-19(17)35-24(31)26-21)23(30)27(22(18)29)14-8-6-13(25)7-9-14/h3-10,17-18,20H,2,11H2,1H3,(H,26,31)/t17-,18?,20?/m1/s1. The number of aromatic nitrogens is 1. The van der Waals surface area contributed by atoms with Gasteiger partial charge >= 0.3 is 10.8 Å². The third-order valence-corrected chi connectivity index (χ3v) is 8.44. The highest BCUT2D eigenvalue weighted by Gasteiger charge is 2.56. The van der Waals surface area contributed by atoms with Gasteiger partial charge in [0.15, 0.2) is 6.61 Å². The first kappa shape index (κ1) is 23.7. The van der Waals surface area contributed by atoms with Gasteiger partial charge in [-0.3, -0.25) is 14.4 Å². The SMILES string of the molecule is CCOC(=O)COc1cccc([C@H]2c3sc(=O)[nH]c3SC3C(=O)N(c4ccc(Cl)cc4)C(=O)C32)c1. The Hall–Kier alpha value is -3.08. The lowest BCUT2D eigenvalue weighted by Crippen LogP contribution is -2.32. The van der Waals surface area contributed by atoms with E-state index in [1.54, 1.807) is 49.4 Å². The second kappa shape index (κ2) is 9.52. The first-order valence-electron chi connectivity index (χ1n) is 10.8. The second-order valence-electron chi connectivity index (χ2n) is 7.90. The minimum absolute atomic E-state index is 0.250. The number of esters is 1. The molecule has 2 unspecified atom stereocenters. The number of benzene rings is 2. The Kier molecular flexibility index (Phi) is 6.43. The number of nitrogens with one attached hydrogen (secondary N) is 1. The van der Waals surface area contributed by atoms with Crippen molar-refractivity contribution >= 4 is 58.2 Å². The summed E-state index contributed by atoms with van der Waals surface area (Å²) in [4.78, 5) is 55.5. The van der Waals surface area contributed by atoms with Crippen LogP contribution in [0.5, 0.6) is 5.75 Å². The molecule has 2 aromatic carbocycles. The molecule has 1 fully saturated rings. The number of thiazole rings is 1. The first-order chi connectivity index (χ1) is 16.9. The Bertz CT molecular complexity index is 1370. The molecule has 0 spiro atoms. The molecular weight excluding hydrogens is 512 g/mol. The number of carbonyl (C=O) groups excluding carboxylic acids is 3. The lowest BCUT2D eigenvalue weighted by molar-refractivity contribution is -0.145. The highest BCUT2D eigenvalue weighted by molar-refractivity contribution is 8.00. The fourth-order valence-corrected chi connectivity index (χ4v) is 7.00. The second-order valence-corrected chi connectivity index (χ2v) is 10.5. The Balaban J connectivity index is 1.53. The third kappa shape index (κ3) is 4.37. The van der Waals surface area contributed by atoms with Crippen LogP contribution in [0, 0.1) is 5.92 Å². The predicted molar refractivity (Wildman–Crippen MR) is 132 cm³/mol. The number of nitrogens with zero attached hydrogens (tertiary/aromatic N) is 1. The number of anilines is 1. The van der Waals surface area contributed by atoms with E-state index >= 15 is 0 Å². The van der Waals surface area contributed by atoms with Crippen molar-refractivity contribution in [1.82, 2.24) is 4.98 Å². The summed E-state index contributed by atoms with van der Waals surface area (Å²) >= 11 is 8.23. The van der Waals surface area contributed by atoms with Crippen LogP contribution in [-0.2, 0) is 19.1 Å². The summed E-state index contributed by atoms with van der Waals surface area (Å²) in [6, 6.07) is 13.5. The van der Waals surface area contributed by atoms with Crippen LogP contribution in [0.3, 0.4) is 0 Å². The summed E-state index contributed by atoms with van der Waals surface area (Å²) < 4.78 is 10.5. The number of H-pyrrole nitrogens is 1. The zero-order valence-electron chi connectivity index (χ0n) is 18.4. The number of amides is 2. The van der Waals surface area contributed by atoms with Crippen molar-refractivity contribution in [2.75, 3.05) is 18.1 Å². The lowest BCUT2D eigenvalue weighted by atomic mass is 9.83. The maximum Gasteiger partial charge on any atom is 0.344 e. The van der Waals surface area contributed by atoms with Crippen molar-refractivity contribution in [2.45, 2.75) is 23.1 Å². The number of hydrogen-bond acceptors (Lipinski definition) is 8. The van der Waals surface area contributed by atoms with Crippen molar-refractivity contribution in [2.24, 2.45) is 5.92 Å². The van der Waals surface area contributed by atoms with E-state index in [4.69, 9.17) is 21.1 Å². The molecule has 3 heterocycles. The summed E-state index contributed by atoms with van der Waals surface area (Å²) in [5, 5.41) is 0.380. The van der Waals surface area contributed by atoms with E-state index in [0.29, 0.717) is 31.9 Å². The van der Waals surface area contributed by atoms with Gasteiger partial charge in [0, 0.05) is 15.8 Å². The van der Waals surface area contributed by atoms with Gasteiger partial charge in [-0.2, -0.15) is 0 Å². The topological polar surface area (TPSA) is 106 Å². The summed E-state index contributed by atoms with van der Waals surface area (Å²) in [7, 11) is 0. The van der Waals surface area contributed by atoms with Crippen LogP contribution in [-0.4, -0.2) is 41.2 Å². The van der Waals surface area contributed by atoms with Gasteiger partial charge < -0.3 is 14.5 Å². The fraction of sp³-hybridized carbons (Fsp3) is 0.250. The molecule has 180 valence electrons. The van der Waals surface area contributed by atoms with Crippen molar-refractivity contribution in [3.05, 3.63) is 73.7 Å². The molecule has 3 aromatic rings. The van der Waals surface area contributed by atoms with Crippen LogP contribution in [0.2, 0.25) is 5.02 Å². The van der Waals surface area contributed by atoms with Gasteiger partial charge in [0.1, 0.15) is 11.0 Å². The molecule has 11 heteroatoms. The highest BCUT2D eigenvalue weighted by atomic mass is 35.5. The number of rotatable bonds is 6. The molecule has 5 rings (SSSR count). The Morgan fingerprint density at radius 2 is 1.89 bits per heavy atom. The van der Waals surface area contributed by atoms with E-state index in [2.05, 4.69) is 4.98 Å². The van der Waals surface area contributed by atoms with Crippen LogP contribution in [0.4, 0.5) is 5.69 Å². The number of thioether (sulfide) groups is 1. The Morgan fingerprint density at radius 1 is 1.11 bits per heavy atom. The lowest BCUT2D eigenvalue weighted by Gasteiger charge is -2.30. The van der Waals surface area contributed by atoms with Gasteiger partial charge in [-0.25, -0.2) is 9.69 Å². The summed E-state index contributed by atoms with van der Waals surface area (Å²) in [6.07, 6.45) is 0. The number of aromatic amines is 1. The number of imide groups is 1. The molecule has 2 aliphatic heterocycles. The molecule has 1 N–H and O–H groups in total. The molecule has 8 nitrogen and oxygen atoms in total. The van der Waals surface area contributed by atoms with Gasteiger partial charge in [-0.05, 0) is 48.9 Å². The van der Waals surface area contributed by atoms with Gasteiger partial charge in [0.2, 0.25) is 11.8 Å². The molecule has 2 amide bonds. The van der Waals surface area contributed by atoms with E-state index in [0.717, 1.165) is 11.3 Å². The maximum absolute atomic E-state index is 13.7. The van der Waals surface area contributed by atoms with Crippen molar-refractivity contribution in [1.29, 1.82) is 0 Å². The first-order valence-corrected chi connectivity index (χ1v) is 12.9. The Labute approximate surface area is 213 Å². The van der Waals surface area contributed by atoms with Crippen molar-refractivity contribution < 1.29 is 23.9 Å². The smallest absolute Gasteiger partial charge is 0.344 e. The minimum atomic E-state index is -0.720. The molecule has 0 bridgehead atoms. The van der Waals surface area contributed by atoms with Crippen LogP contribution in [0.1, 0.15) is 23.3 Å². The molecular formula is C24H19ClN2O6S2. The number of carbonyl (C=O) groups is 3. The molecule has 0 radical (unpaired) electrons. The van der Waals surface area contributed by atoms with E-state index < -0.39 is 23.1 Å². The average molecular weight is 531 g/mol.